The van der Waals surface area contributed by atoms with Crippen molar-refractivity contribution in [2.75, 3.05) is 6.61 Å². The van der Waals surface area contributed by atoms with E-state index in [0.717, 1.165) is 5.82 Å². The second kappa shape index (κ2) is 4.72. The summed E-state index contributed by atoms with van der Waals surface area (Å²) in [6, 6.07) is 0.307. The van der Waals surface area contributed by atoms with E-state index in [9.17, 15) is 4.79 Å². The lowest BCUT2D eigenvalue weighted by molar-refractivity contribution is -0.117. The first-order chi connectivity index (χ1) is 6.65. The Morgan fingerprint density at radius 3 is 3.00 bits per heavy atom. The van der Waals surface area contributed by atoms with Crippen molar-refractivity contribution >= 4 is 11.9 Å². The summed E-state index contributed by atoms with van der Waals surface area (Å²) in [5.74, 6) is 0.408. The molecule has 1 aromatic heterocycles. The topological polar surface area (TPSA) is 55.1 Å². The number of hydrogen-bond donors (Lipinski definition) is 1. The highest BCUT2D eigenvalue weighted by molar-refractivity contribution is 5.93. The maximum absolute atomic E-state index is 10.8. The molecule has 0 spiro atoms. The van der Waals surface area contributed by atoms with E-state index in [1.807, 2.05) is 24.6 Å². The molecule has 0 radical (unpaired) electrons. The fraction of sp³-hybridized carbons (Fsp3) is 0.400. The largest absolute Gasteiger partial charge is 0.388 e. The van der Waals surface area contributed by atoms with Gasteiger partial charge in [-0.15, -0.1) is 0 Å². The lowest BCUT2D eigenvalue weighted by Crippen LogP contribution is -2.03. The first-order valence-corrected chi connectivity index (χ1v) is 4.49. The fourth-order valence-electron chi connectivity index (χ4n) is 1.11. The van der Waals surface area contributed by atoms with Gasteiger partial charge in [-0.3, -0.25) is 4.79 Å². The molecule has 0 atom stereocenters. The van der Waals surface area contributed by atoms with Crippen LogP contribution in [0.15, 0.2) is 18.5 Å². The predicted octanol–water partition coefficient (Wildman–Crippen LogP) is 1.04. The Labute approximate surface area is 82.9 Å². The van der Waals surface area contributed by atoms with E-state index >= 15 is 0 Å². The lowest BCUT2D eigenvalue weighted by atomic mass is 10.3. The summed E-state index contributed by atoms with van der Waals surface area (Å²) in [5.41, 5.74) is 0. The van der Waals surface area contributed by atoms with Crippen LogP contribution >= 0.6 is 0 Å². The van der Waals surface area contributed by atoms with Gasteiger partial charge in [0, 0.05) is 18.4 Å². The summed E-state index contributed by atoms with van der Waals surface area (Å²) in [6.45, 7) is 3.61. The van der Waals surface area contributed by atoms with Crippen LogP contribution in [0.2, 0.25) is 0 Å². The van der Waals surface area contributed by atoms with E-state index in [4.69, 9.17) is 5.11 Å². The molecule has 0 bridgehead atoms. The van der Waals surface area contributed by atoms with E-state index in [1.54, 1.807) is 12.3 Å². The molecule has 0 aliphatic heterocycles. The van der Waals surface area contributed by atoms with Crippen LogP contribution < -0.4 is 0 Å². The lowest BCUT2D eigenvalue weighted by Gasteiger charge is -2.07. The van der Waals surface area contributed by atoms with Crippen LogP contribution in [0.1, 0.15) is 25.7 Å². The van der Waals surface area contributed by atoms with Crippen molar-refractivity contribution in [2.45, 2.75) is 19.9 Å². The van der Waals surface area contributed by atoms with Crippen molar-refractivity contribution in [1.29, 1.82) is 0 Å². The smallest absolute Gasteiger partial charge is 0.181 e. The Morgan fingerprint density at radius 1 is 1.71 bits per heavy atom. The normalized spacial score (nSPS) is 11.4. The van der Waals surface area contributed by atoms with Crippen molar-refractivity contribution in [3.8, 4) is 0 Å². The van der Waals surface area contributed by atoms with Crippen LogP contribution in [-0.4, -0.2) is 27.0 Å². The third-order valence-electron chi connectivity index (χ3n) is 1.83. The van der Waals surface area contributed by atoms with Gasteiger partial charge < -0.3 is 9.67 Å². The quantitative estimate of drug-likeness (QED) is 0.728. The molecule has 4 heteroatoms. The van der Waals surface area contributed by atoms with Crippen LogP contribution in [0.3, 0.4) is 0 Å². The van der Waals surface area contributed by atoms with Gasteiger partial charge in [-0.05, 0) is 26.0 Å². The number of rotatable bonds is 4. The molecule has 0 aliphatic carbocycles. The summed E-state index contributed by atoms with van der Waals surface area (Å²) in [5, 5.41) is 8.51. The summed E-state index contributed by atoms with van der Waals surface area (Å²) in [4.78, 5) is 14.9. The van der Waals surface area contributed by atoms with Crippen LogP contribution in [0, 0.1) is 0 Å². The third kappa shape index (κ3) is 2.53. The van der Waals surface area contributed by atoms with Gasteiger partial charge in [-0.2, -0.15) is 0 Å². The Balaban J connectivity index is 2.81. The van der Waals surface area contributed by atoms with Crippen molar-refractivity contribution < 1.29 is 9.90 Å². The van der Waals surface area contributed by atoms with E-state index in [2.05, 4.69) is 4.98 Å². The minimum atomic E-state index is -0.459. The number of imidazole rings is 1. The average Bonchev–Trinajstić information content (AvgIpc) is 2.62. The Hall–Kier alpha value is -1.42. The molecule has 0 saturated carbocycles. The van der Waals surface area contributed by atoms with Gasteiger partial charge in [0.15, 0.2) is 5.78 Å². The highest BCUT2D eigenvalue weighted by Crippen LogP contribution is 2.08. The first-order valence-electron chi connectivity index (χ1n) is 4.49. The predicted molar refractivity (Wildman–Crippen MR) is 53.7 cm³/mol. The second-order valence-electron chi connectivity index (χ2n) is 3.24. The standard InChI is InChI=1S/C10H14N2O2/c1-8(2)12-6-5-11-10(12)4-3-9(14)7-13/h3-6,8,13H,7H2,1-2H3/b4-3+. The molecule has 1 N–H and O–H groups in total. The van der Waals surface area contributed by atoms with Crippen LogP contribution in [-0.2, 0) is 4.79 Å². The van der Waals surface area contributed by atoms with Gasteiger partial charge in [0.05, 0.1) is 0 Å². The summed E-state index contributed by atoms with van der Waals surface area (Å²) >= 11 is 0. The van der Waals surface area contributed by atoms with E-state index in [-0.39, 0.29) is 5.78 Å². The number of aliphatic hydroxyl groups excluding tert-OH is 1. The van der Waals surface area contributed by atoms with Crippen molar-refractivity contribution in [1.82, 2.24) is 9.55 Å². The minimum Gasteiger partial charge on any atom is -0.388 e. The molecule has 0 fully saturated rings. The number of carbonyl (C=O) groups excluding carboxylic acids is 1. The van der Waals surface area contributed by atoms with Crippen LogP contribution in [0.4, 0.5) is 0 Å². The first kappa shape index (κ1) is 10.7. The zero-order valence-corrected chi connectivity index (χ0v) is 8.34. The monoisotopic (exact) mass is 194 g/mol. The molecule has 4 nitrogen and oxygen atoms in total. The van der Waals surface area contributed by atoms with Crippen LogP contribution in [0.25, 0.3) is 6.08 Å². The minimum absolute atomic E-state index is 0.307. The molecule has 1 aromatic rings. The molecule has 0 unspecified atom stereocenters. The number of ketones is 1. The maximum atomic E-state index is 10.8. The molecule has 0 aliphatic rings. The van der Waals surface area contributed by atoms with Crippen molar-refractivity contribution in [3.63, 3.8) is 0 Å². The number of aliphatic hydroxyl groups is 1. The van der Waals surface area contributed by atoms with E-state index in [1.165, 1.54) is 6.08 Å². The SMILES string of the molecule is CC(C)n1ccnc1/C=C/C(=O)CO. The van der Waals surface area contributed by atoms with Gasteiger partial charge in [0.25, 0.3) is 0 Å². The van der Waals surface area contributed by atoms with Crippen molar-refractivity contribution in [2.24, 2.45) is 0 Å². The summed E-state index contributed by atoms with van der Waals surface area (Å²) < 4.78 is 1.95. The highest BCUT2D eigenvalue weighted by atomic mass is 16.3. The van der Waals surface area contributed by atoms with E-state index < -0.39 is 6.61 Å². The molecule has 0 amide bonds. The van der Waals surface area contributed by atoms with E-state index in [0.29, 0.717) is 6.04 Å². The fourth-order valence-corrected chi connectivity index (χ4v) is 1.11. The maximum Gasteiger partial charge on any atom is 0.181 e. The summed E-state index contributed by atoms with van der Waals surface area (Å²) in [6.07, 6.45) is 6.48. The Bertz CT molecular complexity index is 340. The van der Waals surface area contributed by atoms with Gasteiger partial charge in [0.1, 0.15) is 12.4 Å². The van der Waals surface area contributed by atoms with Crippen LogP contribution in [0.5, 0.6) is 0 Å². The summed E-state index contributed by atoms with van der Waals surface area (Å²) in [7, 11) is 0. The average molecular weight is 194 g/mol. The number of hydrogen-bond acceptors (Lipinski definition) is 3. The molecule has 0 saturated heterocycles. The second-order valence-corrected chi connectivity index (χ2v) is 3.24. The molecule has 76 valence electrons. The molecule has 1 rings (SSSR count). The van der Waals surface area contributed by atoms with Crippen molar-refractivity contribution in [3.05, 3.63) is 24.3 Å². The Kier molecular flexibility index (Phi) is 3.59. The zero-order chi connectivity index (χ0) is 10.6. The molecule has 14 heavy (non-hydrogen) atoms. The van der Waals surface area contributed by atoms with Gasteiger partial charge >= 0.3 is 0 Å². The van der Waals surface area contributed by atoms with Gasteiger partial charge in [-0.25, -0.2) is 4.98 Å². The molecule has 1 heterocycles. The Morgan fingerprint density at radius 2 is 2.43 bits per heavy atom. The molecular weight excluding hydrogens is 180 g/mol. The zero-order valence-electron chi connectivity index (χ0n) is 8.34. The third-order valence-corrected chi connectivity index (χ3v) is 1.83. The number of aromatic nitrogens is 2. The number of nitrogens with zero attached hydrogens (tertiary/aromatic N) is 2. The molecular formula is C10H14N2O2. The van der Waals surface area contributed by atoms with Gasteiger partial charge in [-0.1, -0.05) is 0 Å². The number of carbonyl (C=O) groups is 1. The highest BCUT2D eigenvalue weighted by Gasteiger charge is 2.02. The molecule has 0 aromatic carbocycles. The van der Waals surface area contributed by atoms with Gasteiger partial charge in [0.2, 0.25) is 0 Å².